The van der Waals surface area contributed by atoms with Crippen LogP contribution in [0.4, 0.5) is 4.79 Å². The van der Waals surface area contributed by atoms with Crippen LogP contribution >= 0.6 is 0 Å². The first-order valence-electron chi connectivity index (χ1n) is 4.28. The number of nitrogens with zero attached hydrogens (tertiary/aromatic N) is 4. The zero-order valence-corrected chi connectivity index (χ0v) is 7.79. The molecule has 0 aliphatic carbocycles. The monoisotopic (exact) mass is 211 g/mol. The van der Waals surface area contributed by atoms with Gasteiger partial charge in [-0.15, -0.1) is 5.10 Å². The fourth-order valence-electron chi connectivity index (χ4n) is 1.21. The van der Waals surface area contributed by atoms with Crippen LogP contribution in [0.25, 0.3) is 0 Å². The lowest BCUT2D eigenvalue weighted by atomic mass is 10.5. The first-order chi connectivity index (χ1) is 7.16. The summed E-state index contributed by atoms with van der Waals surface area (Å²) >= 11 is 0. The third-order valence-corrected chi connectivity index (χ3v) is 1.95. The molecule has 0 spiro atoms. The summed E-state index contributed by atoms with van der Waals surface area (Å²) < 4.78 is 6.08. The Balaban J connectivity index is 2.04. The fraction of sp³-hybridized carbons (Fsp3) is 0.429. The van der Waals surface area contributed by atoms with Crippen LogP contribution in [-0.2, 0) is 11.4 Å². The van der Waals surface area contributed by atoms with Crippen molar-refractivity contribution in [3.63, 3.8) is 0 Å². The molecule has 1 aromatic heterocycles. The Morgan fingerprint density at radius 3 is 3.00 bits per heavy atom. The minimum atomic E-state index is -0.648. The molecule has 2 rings (SSSR count). The van der Waals surface area contributed by atoms with E-state index in [1.54, 1.807) is 0 Å². The van der Waals surface area contributed by atoms with Crippen LogP contribution in [-0.4, -0.2) is 45.0 Å². The number of rotatable bonds is 3. The van der Waals surface area contributed by atoms with E-state index in [0.29, 0.717) is 13.2 Å². The summed E-state index contributed by atoms with van der Waals surface area (Å²) in [5.74, 6) is -0.648. The Labute approximate surface area is 84.6 Å². The summed E-state index contributed by atoms with van der Waals surface area (Å²) in [5, 5.41) is 7.19. The van der Waals surface area contributed by atoms with Gasteiger partial charge < -0.3 is 10.5 Å². The van der Waals surface area contributed by atoms with Crippen molar-refractivity contribution in [3.05, 3.63) is 11.9 Å². The quantitative estimate of drug-likeness (QED) is 0.675. The smallest absolute Gasteiger partial charge is 0.411 e. The van der Waals surface area contributed by atoms with Crippen molar-refractivity contribution in [2.45, 2.75) is 6.67 Å². The minimum absolute atomic E-state index is 0.0718. The predicted molar refractivity (Wildman–Crippen MR) is 46.6 cm³/mol. The van der Waals surface area contributed by atoms with E-state index in [-0.39, 0.29) is 12.4 Å². The standard InChI is InChI=1S/C7H9N5O3/c8-6(13)5-3-12(10-9-5)4-11-1-2-15-7(11)14/h3H,1-2,4H2,(H2,8,13). The first-order valence-corrected chi connectivity index (χ1v) is 4.28. The van der Waals surface area contributed by atoms with Crippen molar-refractivity contribution in [2.75, 3.05) is 13.2 Å². The molecule has 1 aliphatic rings. The molecule has 2 amide bonds. The van der Waals surface area contributed by atoms with E-state index in [1.165, 1.54) is 15.8 Å². The van der Waals surface area contributed by atoms with Crippen LogP contribution in [0.5, 0.6) is 0 Å². The lowest BCUT2D eigenvalue weighted by Gasteiger charge is -2.10. The van der Waals surface area contributed by atoms with Gasteiger partial charge in [0.25, 0.3) is 5.91 Å². The fourth-order valence-corrected chi connectivity index (χ4v) is 1.21. The Kier molecular flexibility index (Phi) is 2.24. The maximum absolute atomic E-state index is 11.1. The van der Waals surface area contributed by atoms with Gasteiger partial charge in [-0.25, -0.2) is 9.48 Å². The van der Waals surface area contributed by atoms with E-state index in [2.05, 4.69) is 10.3 Å². The van der Waals surface area contributed by atoms with Gasteiger partial charge in [-0.3, -0.25) is 9.69 Å². The van der Waals surface area contributed by atoms with Crippen LogP contribution in [0.3, 0.4) is 0 Å². The lowest BCUT2D eigenvalue weighted by Crippen LogP contribution is -2.27. The average molecular weight is 211 g/mol. The molecule has 15 heavy (non-hydrogen) atoms. The third-order valence-electron chi connectivity index (χ3n) is 1.95. The van der Waals surface area contributed by atoms with Crippen LogP contribution in [0.15, 0.2) is 6.20 Å². The largest absolute Gasteiger partial charge is 0.447 e. The molecule has 1 fully saturated rings. The van der Waals surface area contributed by atoms with Crippen molar-refractivity contribution in [1.82, 2.24) is 19.9 Å². The second-order valence-electron chi connectivity index (χ2n) is 3.03. The van der Waals surface area contributed by atoms with E-state index >= 15 is 0 Å². The van der Waals surface area contributed by atoms with Gasteiger partial charge in [0.15, 0.2) is 5.69 Å². The molecule has 1 aromatic rings. The number of cyclic esters (lactones) is 1. The Morgan fingerprint density at radius 1 is 1.67 bits per heavy atom. The number of carbonyl (C=O) groups is 2. The number of primary amides is 1. The lowest BCUT2D eigenvalue weighted by molar-refractivity contribution is 0.0995. The van der Waals surface area contributed by atoms with Crippen LogP contribution in [0, 0.1) is 0 Å². The van der Waals surface area contributed by atoms with Gasteiger partial charge in [0, 0.05) is 0 Å². The van der Waals surface area contributed by atoms with Crippen LogP contribution in [0.2, 0.25) is 0 Å². The van der Waals surface area contributed by atoms with E-state index < -0.39 is 12.0 Å². The second-order valence-corrected chi connectivity index (χ2v) is 3.03. The number of nitrogens with two attached hydrogens (primary N) is 1. The van der Waals surface area contributed by atoms with Crippen molar-refractivity contribution in [3.8, 4) is 0 Å². The zero-order valence-electron chi connectivity index (χ0n) is 7.79. The van der Waals surface area contributed by atoms with Gasteiger partial charge in [0.1, 0.15) is 13.3 Å². The number of aromatic nitrogens is 3. The Hall–Kier alpha value is -2.12. The molecule has 0 saturated carbocycles. The highest BCUT2D eigenvalue weighted by atomic mass is 16.6. The van der Waals surface area contributed by atoms with Gasteiger partial charge in [-0.05, 0) is 0 Å². The molecule has 0 aromatic carbocycles. The highest BCUT2D eigenvalue weighted by Gasteiger charge is 2.22. The Morgan fingerprint density at radius 2 is 2.47 bits per heavy atom. The molecule has 0 atom stereocenters. The van der Waals surface area contributed by atoms with Crippen LogP contribution in [0.1, 0.15) is 10.5 Å². The highest BCUT2D eigenvalue weighted by molar-refractivity contribution is 5.90. The summed E-state index contributed by atoms with van der Waals surface area (Å²) in [7, 11) is 0. The second kappa shape index (κ2) is 3.56. The van der Waals surface area contributed by atoms with Crippen molar-refractivity contribution in [2.24, 2.45) is 5.73 Å². The van der Waals surface area contributed by atoms with Crippen molar-refractivity contribution in [1.29, 1.82) is 0 Å². The molecule has 80 valence electrons. The molecular formula is C7H9N5O3. The summed E-state index contributed by atoms with van der Waals surface area (Å²) in [4.78, 5) is 23.2. The topological polar surface area (TPSA) is 103 Å². The van der Waals surface area contributed by atoms with Gasteiger partial charge in [0.2, 0.25) is 0 Å². The number of ether oxygens (including phenoxy) is 1. The number of carbonyl (C=O) groups excluding carboxylic acids is 2. The summed E-state index contributed by atoms with van der Waals surface area (Å²) in [6, 6.07) is 0. The third kappa shape index (κ3) is 1.87. The van der Waals surface area contributed by atoms with Gasteiger partial charge in [-0.2, -0.15) is 0 Å². The summed E-state index contributed by atoms with van der Waals surface area (Å²) in [6.07, 6.45) is 0.986. The van der Waals surface area contributed by atoms with Gasteiger partial charge in [-0.1, -0.05) is 5.21 Å². The van der Waals surface area contributed by atoms with Gasteiger partial charge in [0.05, 0.1) is 12.7 Å². The van der Waals surface area contributed by atoms with E-state index in [0.717, 1.165) is 0 Å². The molecule has 0 radical (unpaired) electrons. The highest BCUT2D eigenvalue weighted by Crippen LogP contribution is 2.04. The first kappa shape index (κ1) is 9.44. The zero-order chi connectivity index (χ0) is 10.8. The maximum Gasteiger partial charge on any atom is 0.411 e. The molecular weight excluding hydrogens is 202 g/mol. The van der Waals surface area contributed by atoms with Gasteiger partial charge >= 0.3 is 6.09 Å². The Bertz CT molecular complexity index is 401. The summed E-state index contributed by atoms with van der Waals surface area (Å²) in [6.45, 7) is 1.08. The summed E-state index contributed by atoms with van der Waals surface area (Å²) in [5.41, 5.74) is 5.07. The predicted octanol–water partition coefficient (Wildman–Crippen LogP) is -1.21. The molecule has 2 heterocycles. The van der Waals surface area contributed by atoms with E-state index in [1.807, 2.05) is 0 Å². The molecule has 0 bridgehead atoms. The number of hydrogen-bond acceptors (Lipinski definition) is 5. The normalized spacial score (nSPS) is 15.5. The molecule has 8 nitrogen and oxygen atoms in total. The van der Waals surface area contributed by atoms with Crippen molar-refractivity contribution >= 4 is 12.0 Å². The van der Waals surface area contributed by atoms with E-state index in [9.17, 15) is 9.59 Å². The molecule has 2 N–H and O–H groups in total. The molecule has 1 aliphatic heterocycles. The molecule has 8 heteroatoms. The average Bonchev–Trinajstić information content (AvgIpc) is 2.77. The molecule has 0 unspecified atom stereocenters. The maximum atomic E-state index is 11.1. The minimum Gasteiger partial charge on any atom is -0.447 e. The van der Waals surface area contributed by atoms with E-state index in [4.69, 9.17) is 10.5 Å². The molecule has 1 saturated heterocycles. The SMILES string of the molecule is NC(=O)c1cn(CN2CCOC2=O)nn1. The van der Waals surface area contributed by atoms with Crippen LogP contribution < -0.4 is 5.73 Å². The number of amides is 2. The number of hydrogen-bond donors (Lipinski definition) is 1. The van der Waals surface area contributed by atoms with Crippen molar-refractivity contribution < 1.29 is 14.3 Å².